The van der Waals surface area contributed by atoms with E-state index in [-0.39, 0.29) is 5.78 Å². The molecule has 5 nitrogen and oxygen atoms in total. The molecule has 0 saturated heterocycles. The molecule has 1 aliphatic carbocycles. The molecule has 0 fully saturated rings. The van der Waals surface area contributed by atoms with Crippen molar-refractivity contribution in [3.8, 4) is 0 Å². The van der Waals surface area contributed by atoms with Gasteiger partial charge in [-0.25, -0.2) is 15.0 Å². The quantitative estimate of drug-likeness (QED) is 0.148. The first-order valence-electron chi connectivity index (χ1n) is 15.7. The van der Waals surface area contributed by atoms with E-state index in [1.165, 1.54) is 37.7 Å². The zero-order valence-electron chi connectivity index (χ0n) is 25.9. The van der Waals surface area contributed by atoms with Crippen LogP contribution in [0.4, 0.5) is 17.3 Å². The van der Waals surface area contributed by atoms with Crippen molar-refractivity contribution in [2.24, 2.45) is 0 Å². The van der Waals surface area contributed by atoms with Crippen LogP contribution in [-0.4, -0.2) is 20.7 Å². The molecule has 0 unspecified atom stereocenters. The zero-order valence-corrected chi connectivity index (χ0v) is 25.9. The molecule has 222 valence electrons. The number of carbonyl (C=O) groups is 1. The van der Waals surface area contributed by atoms with Gasteiger partial charge in [-0.15, -0.1) is 0 Å². The van der Waals surface area contributed by atoms with E-state index < -0.39 is 0 Å². The maximum absolute atomic E-state index is 12.4. The molecule has 47 heavy (non-hydrogen) atoms. The van der Waals surface area contributed by atoms with Crippen molar-refractivity contribution < 1.29 is 4.79 Å². The number of Topliss-reactive ketones (excluding diaryl/α,β-unsaturated/α-hetero) is 1. The summed E-state index contributed by atoms with van der Waals surface area (Å²) >= 11 is 0. The number of pyridine rings is 1. The number of hydrogen-bond acceptors (Lipinski definition) is 5. The van der Waals surface area contributed by atoms with Crippen molar-refractivity contribution in [1.29, 1.82) is 0 Å². The molecule has 0 saturated carbocycles. The Bertz CT molecular complexity index is 2620. The number of rotatable bonds is 4. The van der Waals surface area contributed by atoms with E-state index in [0.717, 1.165) is 55.8 Å². The van der Waals surface area contributed by atoms with Crippen LogP contribution in [0.5, 0.6) is 0 Å². The Balaban J connectivity index is 1.33. The molecular formula is C42H28N4O. The molecule has 2 aromatic heterocycles. The Morgan fingerprint density at radius 1 is 0.596 bits per heavy atom. The lowest BCUT2D eigenvalue weighted by atomic mass is 9.87. The lowest BCUT2D eigenvalue weighted by molar-refractivity contribution is -0.112. The molecule has 2 heterocycles. The molecule has 9 rings (SSSR count). The van der Waals surface area contributed by atoms with Gasteiger partial charge in [-0.05, 0) is 116 Å². The van der Waals surface area contributed by atoms with Crippen molar-refractivity contribution in [3.05, 3.63) is 150 Å². The Morgan fingerprint density at radius 3 is 2.02 bits per heavy atom. The van der Waals surface area contributed by atoms with Crippen LogP contribution in [0.1, 0.15) is 19.4 Å². The summed E-state index contributed by atoms with van der Waals surface area (Å²) in [6.45, 7) is 3.77. The highest BCUT2D eigenvalue weighted by molar-refractivity contribution is 6.35. The van der Waals surface area contributed by atoms with Crippen LogP contribution in [0.25, 0.3) is 59.9 Å². The highest BCUT2D eigenvalue weighted by Gasteiger charge is 2.23. The Labute approximate surface area is 271 Å². The molecule has 0 spiro atoms. The highest BCUT2D eigenvalue weighted by Crippen LogP contribution is 2.46. The van der Waals surface area contributed by atoms with Gasteiger partial charge in [0.15, 0.2) is 5.78 Å². The van der Waals surface area contributed by atoms with Crippen LogP contribution in [0.2, 0.25) is 0 Å². The Morgan fingerprint density at radius 2 is 1.26 bits per heavy atom. The fraction of sp³-hybridized carbons (Fsp3) is 0.0476. The molecular weight excluding hydrogens is 576 g/mol. The van der Waals surface area contributed by atoms with Crippen LogP contribution in [0, 0.1) is 0 Å². The van der Waals surface area contributed by atoms with Gasteiger partial charge in [0.1, 0.15) is 18.0 Å². The summed E-state index contributed by atoms with van der Waals surface area (Å²) in [5.74, 6) is 1.67. The number of carbonyl (C=O) groups excluding carboxylic acids is 1. The number of fused-ring (bicyclic) bond motifs is 3. The van der Waals surface area contributed by atoms with Crippen molar-refractivity contribution in [3.63, 3.8) is 0 Å². The molecule has 0 atom stereocenters. The largest absolute Gasteiger partial charge is 0.289 e. The van der Waals surface area contributed by atoms with Gasteiger partial charge in [0, 0.05) is 23.2 Å². The van der Waals surface area contributed by atoms with Crippen molar-refractivity contribution >= 4 is 83.0 Å². The predicted octanol–water partition coefficient (Wildman–Crippen LogP) is 10.4. The summed E-state index contributed by atoms with van der Waals surface area (Å²) in [5, 5.41) is 11.7. The van der Waals surface area contributed by atoms with Crippen LogP contribution >= 0.6 is 0 Å². The summed E-state index contributed by atoms with van der Waals surface area (Å²) in [6.07, 6.45) is 11.4. The topological polar surface area (TPSA) is 59.0 Å². The first-order chi connectivity index (χ1) is 23.1. The third-order valence-electron chi connectivity index (χ3n) is 9.38. The molecule has 0 aliphatic heterocycles. The lowest BCUT2D eigenvalue weighted by Gasteiger charge is -2.26. The van der Waals surface area contributed by atoms with Crippen molar-refractivity contribution in [2.45, 2.75) is 13.8 Å². The molecule has 0 radical (unpaired) electrons. The number of aromatic nitrogens is 3. The van der Waals surface area contributed by atoms with E-state index in [1.54, 1.807) is 12.5 Å². The fourth-order valence-corrected chi connectivity index (χ4v) is 7.33. The number of ketones is 1. The minimum absolute atomic E-state index is 0.109. The second-order valence-electron chi connectivity index (χ2n) is 12.2. The standard InChI is InChI=1S/C42H28N4O/c1-25-21-27(22-26(2)41(25)47)23-29-13-14-34-35-15-16-37(36-12-6-11-33(40(35)36)32-10-5-9-30(29)39(32)34)46(38-18-19-43-24-45-38)42-31-8-4-3-7-28(31)17-20-44-42/h3-24H,1-2H3. The minimum atomic E-state index is 0.109. The van der Waals surface area contributed by atoms with Gasteiger partial charge in [0.2, 0.25) is 0 Å². The summed E-state index contributed by atoms with van der Waals surface area (Å²) < 4.78 is 0. The monoisotopic (exact) mass is 604 g/mol. The highest BCUT2D eigenvalue weighted by atomic mass is 16.1. The first kappa shape index (κ1) is 27.1. The van der Waals surface area contributed by atoms with Crippen molar-refractivity contribution in [2.75, 3.05) is 4.90 Å². The molecule has 6 aromatic carbocycles. The number of benzene rings is 6. The van der Waals surface area contributed by atoms with Crippen LogP contribution in [0.3, 0.4) is 0 Å². The molecule has 1 aliphatic rings. The van der Waals surface area contributed by atoms with E-state index in [4.69, 9.17) is 9.97 Å². The average molecular weight is 605 g/mol. The molecule has 5 heteroatoms. The van der Waals surface area contributed by atoms with Gasteiger partial charge in [-0.2, -0.15) is 0 Å². The minimum Gasteiger partial charge on any atom is -0.289 e. The normalized spacial score (nSPS) is 13.6. The van der Waals surface area contributed by atoms with Gasteiger partial charge in [0.25, 0.3) is 0 Å². The molecule has 0 amide bonds. The second kappa shape index (κ2) is 10.4. The maximum atomic E-state index is 12.4. The van der Waals surface area contributed by atoms with E-state index in [0.29, 0.717) is 0 Å². The van der Waals surface area contributed by atoms with E-state index >= 15 is 0 Å². The molecule has 0 bridgehead atoms. The predicted molar refractivity (Wildman–Crippen MR) is 194 cm³/mol. The van der Waals surface area contributed by atoms with Gasteiger partial charge in [-0.1, -0.05) is 78.9 Å². The summed E-state index contributed by atoms with van der Waals surface area (Å²) in [7, 11) is 0. The van der Waals surface area contributed by atoms with E-state index in [2.05, 4.69) is 94.8 Å². The molecule has 0 N–H and O–H groups in total. The summed E-state index contributed by atoms with van der Waals surface area (Å²) in [6, 6.07) is 34.4. The van der Waals surface area contributed by atoms with E-state index in [1.807, 2.05) is 50.4 Å². The van der Waals surface area contributed by atoms with Crippen LogP contribution in [-0.2, 0) is 4.79 Å². The Hall–Kier alpha value is -6.20. The van der Waals surface area contributed by atoms with Crippen LogP contribution in [0.15, 0.2) is 145 Å². The van der Waals surface area contributed by atoms with Gasteiger partial charge in [0.05, 0.1) is 5.69 Å². The van der Waals surface area contributed by atoms with Crippen molar-refractivity contribution in [1.82, 2.24) is 15.0 Å². The summed E-state index contributed by atoms with van der Waals surface area (Å²) in [4.78, 5) is 28.4. The Kier molecular flexibility index (Phi) is 6.02. The maximum Gasteiger partial charge on any atom is 0.184 e. The zero-order chi connectivity index (χ0) is 31.6. The SMILES string of the molecule is CC1=CC(=Cc2ccc3c4ccc(N(c5ccncn5)c5nccc6ccccc56)c5cccc(c6cccc2c63)c54)C=C(C)C1=O. The fourth-order valence-electron chi connectivity index (χ4n) is 7.33. The van der Waals surface area contributed by atoms with Gasteiger partial charge in [-0.3, -0.25) is 9.69 Å². The smallest absolute Gasteiger partial charge is 0.184 e. The van der Waals surface area contributed by atoms with Gasteiger partial charge >= 0.3 is 0 Å². The number of nitrogens with zero attached hydrogens (tertiary/aromatic N) is 4. The first-order valence-corrected chi connectivity index (χ1v) is 15.7. The third kappa shape index (κ3) is 4.17. The van der Waals surface area contributed by atoms with Crippen LogP contribution < -0.4 is 4.90 Å². The second-order valence-corrected chi connectivity index (χ2v) is 12.2. The number of anilines is 3. The third-order valence-corrected chi connectivity index (χ3v) is 9.38. The summed E-state index contributed by atoms with van der Waals surface area (Å²) in [5.41, 5.74) is 4.71. The average Bonchev–Trinajstić information content (AvgIpc) is 3.11. The number of allylic oxidation sites excluding steroid dienone is 5. The number of hydrogen-bond donors (Lipinski definition) is 0. The van der Waals surface area contributed by atoms with E-state index in [9.17, 15) is 4.79 Å². The van der Waals surface area contributed by atoms with Gasteiger partial charge < -0.3 is 0 Å². The lowest BCUT2D eigenvalue weighted by Crippen LogP contribution is -2.14. The molecule has 8 aromatic rings.